The molecular weight excluding hydrogens is 214 g/mol. The van der Waals surface area contributed by atoms with Gasteiger partial charge in [0, 0.05) is 12.5 Å². The van der Waals surface area contributed by atoms with E-state index in [1.54, 1.807) is 7.05 Å². The average Bonchev–Trinajstić information content (AvgIpc) is 2.68. The number of tetrazole rings is 1. The van der Waals surface area contributed by atoms with Crippen LogP contribution >= 0.6 is 0 Å². The van der Waals surface area contributed by atoms with Crippen molar-refractivity contribution in [3.05, 3.63) is 5.82 Å². The summed E-state index contributed by atoms with van der Waals surface area (Å²) in [5, 5.41) is 15.7. The molecule has 1 aromatic rings. The predicted octanol–water partition coefficient (Wildman–Crippen LogP) is 1.56. The number of nitrogens with zero attached hydrogens (tertiary/aromatic N) is 4. The lowest BCUT2D eigenvalue weighted by Gasteiger charge is -2.19. The van der Waals surface area contributed by atoms with E-state index in [-0.39, 0.29) is 0 Å². The Hall–Kier alpha value is -0.970. The van der Waals surface area contributed by atoms with E-state index < -0.39 is 0 Å². The van der Waals surface area contributed by atoms with Crippen molar-refractivity contribution in [3.63, 3.8) is 0 Å². The molecule has 1 atom stereocenters. The van der Waals surface area contributed by atoms with Gasteiger partial charge in [0.1, 0.15) is 0 Å². The number of hydrogen-bond acceptors (Lipinski definition) is 4. The van der Waals surface area contributed by atoms with Crippen molar-refractivity contribution in [1.29, 1.82) is 0 Å². The van der Waals surface area contributed by atoms with E-state index in [1.807, 2.05) is 0 Å². The molecule has 0 fully saturated rings. The average molecular weight is 239 g/mol. The summed E-state index contributed by atoms with van der Waals surface area (Å²) in [6, 6.07) is 0.568. The van der Waals surface area contributed by atoms with Gasteiger partial charge in [0.05, 0.1) is 7.05 Å². The minimum Gasteiger partial charge on any atom is -0.314 e. The van der Waals surface area contributed by atoms with E-state index in [0.717, 1.165) is 31.1 Å². The molecule has 0 radical (unpaired) electrons. The SMILES string of the molecule is CCCNC(CCc1nnn(C)n1)CC(C)C. The Morgan fingerprint density at radius 3 is 2.65 bits per heavy atom. The molecule has 1 heterocycles. The highest BCUT2D eigenvalue weighted by Crippen LogP contribution is 2.10. The summed E-state index contributed by atoms with van der Waals surface area (Å²) in [7, 11) is 1.80. The molecule has 0 saturated heterocycles. The molecule has 0 aliphatic heterocycles. The van der Waals surface area contributed by atoms with Crippen LogP contribution in [-0.4, -0.2) is 32.8 Å². The van der Waals surface area contributed by atoms with E-state index in [1.165, 1.54) is 17.6 Å². The van der Waals surface area contributed by atoms with Crippen LogP contribution in [-0.2, 0) is 13.5 Å². The van der Waals surface area contributed by atoms with Crippen LogP contribution in [0.5, 0.6) is 0 Å². The summed E-state index contributed by atoms with van der Waals surface area (Å²) in [5.74, 6) is 1.57. The van der Waals surface area contributed by atoms with Gasteiger partial charge in [-0.05, 0) is 36.9 Å². The van der Waals surface area contributed by atoms with Crippen LogP contribution in [0, 0.1) is 5.92 Å². The highest BCUT2D eigenvalue weighted by Gasteiger charge is 2.11. The summed E-state index contributed by atoms with van der Waals surface area (Å²) >= 11 is 0. The maximum atomic E-state index is 4.21. The van der Waals surface area contributed by atoms with Gasteiger partial charge >= 0.3 is 0 Å². The van der Waals surface area contributed by atoms with E-state index in [9.17, 15) is 0 Å². The summed E-state index contributed by atoms with van der Waals surface area (Å²) in [5.41, 5.74) is 0. The van der Waals surface area contributed by atoms with Gasteiger partial charge in [-0.1, -0.05) is 20.8 Å². The summed E-state index contributed by atoms with van der Waals surface area (Å²) < 4.78 is 0. The highest BCUT2D eigenvalue weighted by molar-refractivity contribution is 4.80. The van der Waals surface area contributed by atoms with Crippen LogP contribution in [0.4, 0.5) is 0 Å². The Morgan fingerprint density at radius 1 is 1.35 bits per heavy atom. The molecule has 1 N–H and O–H groups in total. The van der Waals surface area contributed by atoms with E-state index in [0.29, 0.717) is 6.04 Å². The lowest BCUT2D eigenvalue weighted by molar-refractivity contribution is 0.396. The Labute approximate surface area is 104 Å². The molecule has 98 valence electrons. The third-order valence-corrected chi connectivity index (χ3v) is 2.71. The molecule has 0 amide bonds. The summed E-state index contributed by atoms with van der Waals surface area (Å²) in [4.78, 5) is 1.52. The smallest absolute Gasteiger partial charge is 0.174 e. The fourth-order valence-electron chi connectivity index (χ4n) is 1.95. The van der Waals surface area contributed by atoms with Crippen LogP contribution in [0.3, 0.4) is 0 Å². The molecule has 5 heteroatoms. The number of rotatable bonds is 8. The van der Waals surface area contributed by atoms with Crippen molar-refractivity contribution < 1.29 is 0 Å². The minimum absolute atomic E-state index is 0.568. The van der Waals surface area contributed by atoms with Gasteiger partial charge in [0.15, 0.2) is 5.82 Å². The van der Waals surface area contributed by atoms with Crippen molar-refractivity contribution in [2.24, 2.45) is 13.0 Å². The Morgan fingerprint density at radius 2 is 2.12 bits per heavy atom. The normalized spacial score (nSPS) is 13.2. The monoisotopic (exact) mass is 239 g/mol. The second-order valence-electron chi connectivity index (χ2n) is 5.01. The van der Waals surface area contributed by atoms with Gasteiger partial charge in [-0.25, -0.2) is 0 Å². The third kappa shape index (κ3) is 5.77. The number of hydrogen-bond donors (Lipinski definition) is 1. The molecule has 0 bridgehead atoms. The maximum absolute atomic E-state index is 4.21. The quantitative estimate of drug-likeness (QED) is 0.748. The van der Waals surface area contributed by atoms with Gasteiger partial charge in [0.2, 0.25) is 0 Å². The highest BCUT2D eigenvalue weighted by atomic mass is 15.6. The molecule has 0 saturated carbocycles. The predicted molar refractivity (Wildman–Crippen MR) is 68.7 cm³/mol. The lowest BCUT2D eigenvalue weighted by Crippen LogP contribution is -2.31. The Balaban J connectivity index is 2.36. The summed E-state index contributed by atoms with van der Waals surface area (Å²) in [6.07, 6.45) is 4.38. The van der Waals surface area contributed by atoms with Crippen molar-refractivity contribution in [1.82, 2.24) is 25.5 Å². The topological polar surface area (TPSA) is 55.6 Å². The molecule has 0 aliphatic carbocycles. The van der Waals surface area contributed by atoms with Crippen LogP contribution < -0.4 is 5.32 Å². The first-order valence-electron chi connectivity index (χ1n) is 6.58. The molecule has 17 heavy (non-hydrogen) atoms. The van der Waals surface area contributed by atoms with Gasteiger partial charge in [-0.3, -0.25) is 0 Å². The minimum atomic E-state index is 0.568. The van der Waals surface area contributed by atoms with E-state index >= 15 is 0 Å². The number of aryl methyl sites for hydroxylation is 2. The molecule has 1 rings (SSSR count). The Kier molecular flexibility index (Phi) is 6.11. The third-order valence-electron chi connectivity index (χ3n) is 2.71. The second kappa shape index (κ2) is 7.37. The number of aromatic nitrogens is 4. The van der Waals surface area contributed by atoms with Gasteiger partial charge in [0.25, 0.3) is 0 Å². The molecular formula is C12H25N5. The molecule has 1 unspecified atom stereocenters. The zero-order valence-electron chi connectivity index (χ0n) is 11.5. The van der Waals surface area contributed by atoms with Gasteiger partial charge in [-0.2, -0.15) is 4.80 Å². The largest absolute Gasteiger partial charge is 0.314 e. The van der Waals surface area contributed by atoms with Gasteiger partial charge < -0.3 is 5.32 Å². The van der Waals surface area contributed by atoms with Crippen LogP contribution in [0.2, 0.25) is 0 Å². The first kappa shape index (κ1) is 14.1. The number of nitrogens with one attached hydrogen (secondary N) is 1. The molecule has 0 aliphatic rings. The lowest BCUT2D eigenvalue weighted by atomic mass is 9.99. The standard InChI is InChI=1S/C12H25N5/c1-5-8-13-11(9-10(2)3)6-7-12-14-16-17(4)15-12/h10-11,13H,5-9H2,1-4H3. The maximum Gasteiger partial charge on any atom is 0.174 e. The van der Waals surface area contributed by atoms with Crippen molar-refractivity contribution in [2.45, 2.75) is 52.5 Å². The fourth-order valence-corrected chi connectivity index (χ4v) is 1.95. The molecule has 0 spiro atoms. The second-order valence-corrected chi connectivity index (χ2v) is 5.01. The van der Waals surface area contributed by atoms with Crippen LogP contribution in [0.25, 0.3) is 0 Å². The Bertz CT molecular complexity index is 308. The first-order valence-corrected chi connectivity index (χ1v) is 6.58. The molecule has 1 aromatic heterocycles. The van der Waals surface area contributed by atoms with Crippen molar-refractivity contribution >= 4 is 0 Å². The van der Waals surface area contributed by atoms with E-state index in [4.69, 9.17) is 0 Å². The molecule has 0 aromatic carbocycles. The zero-order valence-corrected chi connectivity index (χ0v) is 11.5. The fraction of sp³-hybridized carbons (Fsp3) is 0.917. The van der Waals surface area contributed by atoms with Crippen molar-refractivity contribution in [3.8, 4) is 0 Å². The first-order chi connectivity index (χ1) is 8.11. The molecule has 5 nitrogen and oxygen atoms in total. The zero-order chi connectivity index (χ0) is 12.7. The van der Waals surface area contributed by atoms with E-state index in [2.05, 4.69) is 41.5 Å². The van der Waals surface area contributed by atoms with Gasteiger partial charge in [-0.15, -0.1) is 10.2 Å². The van der Waals surface area contributed by atoms with Crippen LogP contribution in [0.15, 0.2) is 0 Å². The van der Waals surface area contributed by atoms with Crippen molar-refractivity contribution in [2.75, 3.05) is 6.54 Å². The van der Waals surface area contributed by atoms with Crippen LogP contribution in [0.1, 0.15) is 45.9 Å². The summed E-state index contributed by atoms with van der Waals surface area (Å²) in [6.45, 7) is 7.82.